The minimum Gasteiger partial charge on any atom is -0.265 e. The van der Waals surface area contributed by atoms with Crippen LogP contribution in [0.25, 0.3) is 89.2 Å². The van der Waals surface area contributed by atoms with Crippen molar-refractivity contribution in [3.63, 3.8) is 0 Å². The van der Waals surface area contributed by atoms with Crippen LogP contribution in [0.2, 0.25) is 0 Å². The molecule has 2 aliphatic rings. The van der Waals surface area contributed by atoms with Gasteiger partial charge in [-0.1, -0.05) is 176 Å². The first kappa shape index (κ1) is 33.4. The number of hydrogen-bond acceptors (Lipinski definition) is 3. The predicted molar refractivity (Wildman–Crippen MR) is 241 cm³/mol. The fraction of sp³-hybridized carbons (Fsp3) is 0.0179. The summed E-state index contributed by atoms with van der Waals surface area (Å²) in [6, 6.07) is 72.7. The Kier molecular flexibility index (Phi) is 7.45. The monoisotopic (exact) mass is 749 g/mol. The number of pyridine rings is 1. The van der Waals surface area contributed by atoms with Crippen LogP contribution in [0, 0.1) is 0 Å². The number of fused-ring (bicyclic) bond motifs is 13. The second-order valence-electron chi connectivity index (χ2n) is 15.5. The Morgan fingerprint density at radius 2 is 0.763 bits per heavy atom. The molecular formula is C56H35N3. The van der Waals surface area contributed by atoms with Gasteiger partial charge in [0.1, 0.15) is 0 Å². The van der Waals surface area contributed by atoms with Gasteiger partial charge in [0.05, 0.1) is 16.8 Å². The lowest BCUT2D eigenvalue weighted by atomic mass is 9.65. The van der Waals surface area contributed by atoms with Crippen molar-refractivity contribution < 1.29 is 0 Å². The quantitative estimate of drug-likeness (QED) is 0.180. The normalized spacial score (nSPS) is 12.9. The molecule has 2 aliphatic carbocycles. The molecule has 0 saturated carbocycles. The van der Waals surface area contributed by atoms with Gasteiger partial charge in [0.15, 0.2) is 5.82 Å². The molecule has 2 aromatic heterocycles. The Morgan fingerprint density at radius 1 is 0.305 bits per heavy atom. The fourth-order valence-electron chi connectivity index (χ4n) is 9.88. The Labute approximate surface area is 343 Å². The molecule has 0 unspecified atom stereocenters. The zero-order valence-electron chi connectivity index (χ0n) is 32.0. The van der Waals surface area contributed by atoms with E-state index in [-0.39, 0.29) is 0 Å². The zero-order valence-corrected chi connectivity index (χ0v) is 32.0. The van der Waals surface area contributed by atoms with Crippen LogP contribution in [0.1, 0.15) is 22.3 Å². The zero-order chi connectivity index (χ0) is 38.9. The van der Waals surface area contributed by atoms with Gasteiger partial charge in [-0.15, -0.1) is 0 Å². The summed E-state index contributed by atoms with van der Waals surface area (Å²) in [5, 5.41) is 2.47. The fourth-order valence-corrected chi connectivity index (χ4v) is 9.88. The van der Waals surface area contributed by atoms with Crippen LogP contribution < -0.4 is 0 Å². The van der Waals surface area contributed by atoms with E-state index in [9.17, 15) is 0 Å². The predicted octanol–water partition coefficient (Wildman–Crippen LogP) is 13.7. The highest BCUT2D eigenvalue weighted by molar-refractivity contribution is 5.99. The molecule has 0 amide bonds. The van der Waals surface area contributed by atoms with E-state index in [4.69, 9.17) is 9.97 Å². The summed E-state index contributed by atoms with van der Waals surface area (Å²) in [5.41, 5.74) is 19.0. The summed E-state index contributed by atoms with van der Waals surface area (Å²) < 4.78 is 0. The topological polar surface area (TPSA) is 38.7 Å². The van der Waals surface area contributed by atoms with E-state index >= 15 is 0 Å². The van der Waals surface area contributed by atoms with E-state index in [1.54, 1.807) is 0 Å². The Hall–Kier alpha value is -7.75. The van der Waals surface area contributed by atoms with Crippen molar-refractivity contribution in [3.05, 3.63) is 235 Å². The van der Waals surface area contributed by atoms with Crippen molar-refractivity contribution in [1.29, 1.82) is 0 Å². The molecule has 0 radical (unpaired) electrons. The molecule has 3 nitrogen and oxygen atoms in total. The van der Waals surface area contributed by atoms with Crippen molar-refractivity contribution in [1.82, 2.24) is 15.0 Å². The maximum absolute atomic E-state index is 5.39. The van der Waals surface area contributed by atoms with Gasteiger partial charge in [-0.25, -0.2) is 9.97 Å². The van der Waals surface area contributed by atoms with E-state index < -0.39 is 5.41 Å². The van der Waals surface area contributed by atoms with E-state index in [1.807, 2.05) is 24.5 Å². The number of aromatic nitrogens is 3. The minimum absolute atomic E-state index is 0.586. The van der Waals surface area contributed by atoms with Crippen LogP contribution in [0.4, 0.5) is 0 Å². The summed E-state index contributed by atoms with van der Waals surface area (Å²) in [7, 11) is 0. The van der Waals surface area contributed by atoms with Crippen molar-refractivity contribution in [2.45, 2.75) is 5.41 Å². The van der Waals surface area contributed by atoms with Crippen LogP contribution in [-0.2, 0) is 5.41 Å². The standard InChI is InChI=1S/C56H35N3/c1-2-14-41-36(12-1)13-11-20-42(41)37-24-26-38(27-25-37)53-35-54(39-30-32-57-33-31-39)59-55(58-53)40-28-29-48-44-16-4-3-15-43(44)45-17-5-8-21-49(45)56(52(48)34-40)50-22-9-6-18-46(50)47-19-7-10-23-51(47)56/h1-35H. The molecule has 1 spiro atoms. The van der Waals surface area contributed by atoms with Crippen molar-refractivity contribution >= 4 is 10.8 Å². The number of benzene rings is 8. The summed E-state index contributed by atoms with van der Waals surface area (Å²) in [6.07, 6.45) is 3.65. The third-order valence-corrected chi connectivity index (χ3v) is 12.5. The van der Waals surface area contributed by atoms with Crippen LogP contribution in [0.3, 0.4) is 0 Å². The van der Waals surface area contributed by atoms with Gasteiger partial charge < -0.3 is 0 Å². The second-order valence-corrected chi connectivity index (χ2v) is 15.5. The Bertz CT molecular complexity index is 3220. The third-order valence-electron chi connectivity index (χ3n) is 12.5. The smallest absolute Gasteiger partial charge is 0.160 e. The van der Waals surface area contributed by atoms with Crippen molar-refractivity contribution in [3.8, 4) is 78.4 Å². The average molecular weight is 750 g/mol. The average Bonchev–Trinajstić information content (AvgIpc) is 3.56. The first-order valence-electron chi connectivity index (χ1n) is 20.2. The number of nitrogens with zero attached hydrogens (tertiary/aromatic N) is 3. The van der Waals surface area contributed by atoms with Crippen LogP contribution in [0.5, 0.6) is 0 Å². The van der Waals surface area contributed by atoms with Crippen molar-refractivity contribution in [2.75, 3.05) is 0 Å². The SMILES string of the molecule is c1ccc2c(c1)-c1ccccc1C1(c3cc(-c4nc(-c5ccncc5)cc(-c5ccc(-c6cccc7ccccc67)cc5)n4)ccc3-2)c2ccccc2-c2ccccc21. The lowest BCUT2D eigenvalue weighted by Gasteiger charge is -2.35. The first-order chi connectivity index (χ1) is 29.3. The van der Waals surface area contributed by atoms with Gasteiger partial charge in [0, 0.05) is 29.1 Å². The molecule has 0 aliphatic heterocycles. The molecule has 0 bridgehead atoms. The number of hydrogen-bond donors (Lipinski definition) is 0. The van der Waals surface area contributed by atoms with Gasteiger partial charge >= 0.3 is 0 Å². The van der Waals surface area contributed by atoms with Gasteiger partial charge in [-0.2, -0.15) is 0 Å². The van der Waals surface area contributed by atoms with Gasteiger partial charge in [-0.3, -0.25) is 4.98 Å². The minimum atomic E-state index is -0.586. The molecule has 59 heavy (non-hydrogen) atoms. The highest BCUT2D eigenvalue weighted by Gasteiger charge is 2.49. The van der Waals surface area contributed by atoms with E-state index in [1.165, 1.54) is 77.5 Å². The maximum atomic E-state index is 5.39. The molecule has 12 rings (SSSR count). The lowest BCUT2D eigenvalue weighted by Crippen LogP contribution is -2.29. The van der Waals surface area contributed by atoms with E-state index in [0.29, 0.717) is 5.82 Å². The highest BCUT2D eigenvalue weighted by Crippen LogP contribution is 2.61. The van der Waals surface area contributed by atoms with E-state index in [0.717, 1.165) is 28.1 Å². The Morgan fingerprint density at radius 3 is 1.41 bits per heavy atom. The Balaban J connectivity index is 1.10. The molecule has 274 valence electrons. The molecule has 0 saturated heterocycles. The van der Waals surface area contributed by atoms with Crippen LogP contribution >= 0.6 is 0 Å². The van der Waals surface area contributed by atoms with Crippen LogP contribution in [0.15, 0.2) is 213 Å². The summed E-state index contributed by atoms with van der Waals surface area (Å²) >= 11 is 0. The number of rotatable bonds is 4. The molecular weight excluding hydrogens is 715 g/mol. The van der Waals surface area contributed by atoms with Crippen molar-refractivity contribution in [2.24, 2.45) is 0 Å². The molecule has 0 atom stereocenters. The summed E-state index contributed by atoms with van der Waals surface area (Å²) in [4.78, 5) is 15.0. The van der Waals surface area contributed by atoms with Crippen LogP contribution in [-0.4, -0.2) is 15.0 Å². The van der Waals surface area contributed by atoms with Gasteiger partial charge in [0.25, 0.3) is 0 Å². The highest BCUT2D eigenvalue weighted by atomic mass is 14.9. The summed E-state index contributed by atoms with van der Waals surface area (Å²) in [5.74, 6) is 0.677. The van der Waals surface area contributed by atoms with Gasteiger partial charge in [-0.05, 0) is 102 Å². The van der Waals surface area contributed by atoms with Gasteiger partial charge in [0.2, 0.25) is 0 Å². The van der Waals surface area contributed by atoms with E-state index in [2.05, 4.69) is 193 Å². The maximum Gasteiger partial charge on any atom is 0.160 e. The molecule has 8 aromatic carbocycles. The molecule has 2 heterocycles. The molecule has 0 fully saturated rings. The molecule has 3 heteroatoms. The second kappa shape index (κ2) is 13.2. The summed E-state index contributed by atoms with van der Waals surface area (Å²) in [6.45, 7) is 0. The third kappa shape index (κ3) is 5.05. The first-order valence-corrected chi connectivity index (χ1v) is 20.2. The largest absolute Gasteiger partial charge is 0.265 e. The molecule has 0 N–H and O–H groups in total. The molecule has 10 aromatic rings. The lowest BCUT2D eigenvalue weighted by molar-refractivity contribution is 0.775.